The number of hydrogen-bond acceptors (Lipinski definition) is 3. The molecule has 2 amide bonds. The Bertz CT molecular complexity index is 544. The number of aryl methyl sites for hydroxylation is 1. The van der Waals surface area contributed by atoms with Gasteiger partial charge < -0.3 is 10.2 Å². The zero-order chi connectivity index (χ0) is 16.1. The van der Waals surface area contributed by atoms with Crippen LogP contribution in [0, 0.1) is 0 Å². The molecule has 0 spiro atoms. The fraction of sp³-hybridized carbons (Fsp3) is 0.529. The summed E-state index contributed by atoms with van der Waals surface area (Å²) < 4.78 is 0. The lowest BCUT2D eigenvalue weighted by atomic mass is 9.87. The van der Waals surface area contributed by atoms with Crippen LogP contribution in [0.15, 0.2) is 24.3 Å². The van der Waals surface area contributed by atoms with Gasteiger partial charge in [0, 0.05) is 20.1 Å². The highest BCUT2D eigenvalue weighted by atomic mass is 16.2. The summed E-state index contributed by atoms with van der Waals surface area (Å²) in [5, 5.41) is 2.53. The van der Waals surface area contributed by atoms with Gasteiger partial charge in [0.1, 0.15) is 0 Å². The van der Waals surface area contributed by atoms with Crippen molar-refractivity contribution in [2.75, 3.05) is 34.2 Å². The van der Waals surface area contributed by atoms with E-state index < -0.39 is 0 Å². The Kier molecular flexibility index (Phi) is 5.55. The molecule has 1 aliphatic carbocycles. The Balaban J connectivity index is 1.99. The number of nitrogens with zero attached hydrogens (tertiary/aromatic N) is 2. The molecule has 5 nitrogen and oxygen atoms in total. The molecule has 1 aromatic carbocycles. The summed E-state index contributed by atoms with van der Waals surface area (Å²) in [6, 6.07) is 8.75. The second-order valence-corrected chi connectivity index (χ2v) is 5.94. The van der Waals surface area contributed by atoms with E-state index >= 15 is 0 Å². The van der Waals surface area contributed by atoms with Crippen LogP contribution in [-0.2, 0) is 16.0 Å². The minimum absolute atomic E-state index is 0.0332. The minimum Gasteiger partial charge on any atom is -0.358 e. The van der Waals surface area contributed by atoms with E-state index in [2.05, 4.69) is 34.5 Å². The average Bonchev–Trinajstić information content (AvgIpc) is 2.53. The molecule has 0 bridgehead atoms. The third kappa shape index (κ3) is 3.85. The van der Waals surface area contributed by atoms with Crippen molar-refractivity contribution in [2.24, 2.45) is 0 Å². The number of carbonyl (C=O) groups is 2. The molecule has 1 aromatic rings. The molecule has 0 fully saturated rings. The van der Waals surface area contributed by atoms with E-state index in [-0.39, 0.29) is 24.4 Å². The van der Waals surface area contributed by atoms with Gasteiger partial charge in [-0.25, -0.2) is 0 Å². The third-order valence-electron chi connectivity index (χ3n) is 4.34. The van der Waals surface area contributed by atoms with E-state index in [4.69, 9.17) is 0 Å². The van der Waals surface area contributed by atoms with E-state index in [1.807, 2.05) is 7.05 Å². The second-order valence-electron chi connectivity index (χ2n) is 5.94. The maximum absolute atomic E-state index is 12.3. The predicted molar refractivity (Wildman–Crippen MR) is 86.5 cm³/mol. The normalized spacial score (nSPS) is 17.0. The molecule has 1 aliphatic rings. The van der Waals surface area contributed by atoms with Crippen molar-refractivity contribution in [1.82, 2.24) is 15.1 Å². The molecule has 0 saturated carbocycles. The first-order valence-electron chi connectivity index (χ1n) is 7.75. The van der Waals surface area contributed by atoms with Crippen molar-refractivity contribution >= 4 is 11.8 Å². The zero-order valence-electron chi connectivity index (χ0n) is 13.6. The third-order valence-corrected chi connectivity index (χ3v) is 4.34. The zero-order valence-corrected chi connectivity index (χ0v) is 13.6. The Morgan fingerprint density at radius 3 is 2.68 bits per heavy atom. The van der Waals surface area contributed by atoms with Crippen LogP contribution < -0.4 is 5.32 Å². The number of benzene rings is 1. The first-order chi connectivity index (χ1) is 10.5. The highest BCUT2D eigenvalue weighted by Crippen LogP contribution is 2.33. The summed E-state index contributed by atoms with van der Waals surface area (Å²) in [6.45, 7) is 0.428. The SMILES string of the molecule is CNC(=O)CN(C)C(=O)CN(C)[C@@H]1CCCc2ccccc21. The van der Waals surface area contributed by atoms with Gasteiger partial charge in [-0.2, -0.15) is 0 Å². The molecule has 0 saturated heterocycles. The molecular formula is C17H25N3O2. The molecule has 0 aliphatic heterocycles. The van der Waals surface area contributed by atoms with Gasteiger partial charge in [0.2, 0.25) is 11.8 Å². The van der Waals surface area contributed by atoms with Gasteiger partial charge >= 0.3 is 0 Å². The van der Waals surface area contributed by atoms with Gasteiger partial charge in [0.25, 0.3) is 0 Å². The fourth-order valence-electron chi connectivity index (χ4n) is 3.01. The molecule has 1 atom stereocenters. The van der Waals surface area contributed by atoms with Crippen molar-refractivity contribution < 1.29 is 9.59 Å². The maximum atomic E-state index is 12.3. The number of carbonyl (C=O) groups excluding carboxylic acids is 2. The maximum Gasteiger partial charge on any atom is 0.239 e. The van der Waals surface area contributed by atoms with E-state index in [0.29, 0.717) is 6.54 Å². The predicted octanol–water partition coefficient (Wildman–Crippen LogP) is 1.20. The summed E-state index contributed by atoms with van der Waals surface area (Å²) in [5.74, 6) is -0.185. The number of nitrogens with one attached hydrogen (secondary N) is 1. The minimum atomic E-state index is -0.151. The lowest BCUT2D eigenvalue weighted by molar-refractivity contribution is -0.135. The van der Waals surface area contributed by atoms with Gasteiger partial charge in [0.15, 0.2) is 0 Å². The van der Waals surface area contributed by atoms with Crippen LogP contribution in [0.1, 0.15) is 30.0 Å². The molecule has 22 heavy (non-hydrogen) atoms. The van der Waals surface area contributed by atoms with Crippen LogP contribution in [-0.4, -0.2) is 55.8 Å². The first kappa shape index (κ1) is 16.5. The number of rotatable bonds is 5. The monoisotopic (exact) mass is 303 g/mol. The Hall–Kier alpha value is -1.88. The lowest BCUT2D eigenvalue weighted by Crippen LogP contribution is -2.42. The van der Waals surface area contributed by atoms with Crippen molar-refractivity contribution in [2.45, 2.75) is 25.3 Å². The molecule has 2 rings (SSSR count). The van der Waals surface area contributed by atoms with Gasteiger partial charge in [-0.1, -0.05) is 24.3 Å². The van der Waals surface area contributed by atoms with Gasteiger partial charge in [-0.15, -0.1) is 0 Å². The molecule has 0 radical (unpaired) electrons. The van der Waals surface area contributed by atoms with Crippen molar-refractivity contribution in [1.29, 1.82) is 0 Å². The first-order valence-corrected chi connectivity index (χ1v) is 7.75. The van der Waals surface area contributed by atoms with Crippen molar-refractivity contribution in [3.8, 4) is 0 Å². The number of likely N-dealkylation sites (N-methyl/N-ethyl adjacent to an activating group) is 3. The Labute approximate surface area is 132 Å². The molecule has 0 heterocycles. The van der Waals surface area contributed by atoms with Gasteiger partial charge in [0.05, 0.1) is 13.1 Å². The molecule has 1 N–H and O–H groups in total. The molecule has 0 unspecified atom stereocenters. The van der Waals surface area contributed by atoms with Crippen LogP contribution in [0.5, 0.6) is 0 Å². The molecule has 5 heteroatoms. The average molecular weight is 303 g/mol. The van der Waals surface area contributed by atoms with Crippen LogP contribution in [0.25, 0.3) is 0 Å². The van der Waals surface area contributed by atoms with E-state index in [0.717, 1.165) is 19.3 Å². The van der Waals surface area contributed by atoms with Crippen LogP contribution in [0.2, 0.25) is 0 Å². The largest absolute Gasteiger partial charge is 0.358 e. The summed E-state index contributed by atoms with van der Waals surface area (Å²) in [6.07, 6.45) is 3.33. The summed E-state index contributed by atoms with van der Waals surface area (Å²) >= 11 is 0. The van der Waals surface area contributed by atoms with Crippen LogP contribution in [0.4, 0.5) is 0 Å². The van der Waals surface area contributed by atoms with Crippen molar-refractivity contribution in [3.05, 3.63) is 35.4 Å². The van der Waals surface area contributed by atoms with Gasteiger partial charge in [-0.05, 0) is 37.4 Å². The summed E-state index contributed by atoms with van der Waals surface area (Å²) in [5.41, 5.74) is 2.72. The van der Waals surface area contributed by atoms with E-state index in [9.17, 15) is 9.59 Å². The lowest BCUT2D eigenvalue weighted by Gasteiger charge is -2.33. The van der Waals surface area contributed by atoms with Crippen LogP contribution in [0.3, 0.4) is 0 Å². The summed E-state index contributed by atoms with van der Waals surface area (Å²) in [7, 11) is 5.23. The molecular weight excluding hydrogens is 278 g/mol. The number of hydrogen-bond donors (Lipinski definition) is 1. The standard InChI is InChI=1S/C17H25N3O2/c1-18-16(21)11-20(3)17(22)12-19(2)15-10-6-8-13-7-4-5-9-14(13)15/h4-5,7,9,15H,6,8,10-12H2,1-3H3,(H,18,21)/t15-/m1/s1. The second kappa shape index (κ2) is 7.40. The number of fused-ring (bicyclic) bond motifs is 1. The van der Waals surface area contributed by atoms with Crippen LogP contribution >= 0.6 is 0 Å². The quantitative estimate of drug-likeness (QED) is 0.889. The van der Waals surface area contributed by atoms with Gasteiger partial charge in [-0.3, -0.25) is 14.5 Å². The molecule has 120 valence electrons. The van der Waals surface area contributed by atoms with E-state index in [1.165, 1.54) is 16.0 Å². The number of amides is 2. The summed E-state index contributed by atoms with van der Waals surface area (Å²) in [4.78, 5) is 27.2. The fourth-order valence-corrected chi connectivity index (χ4v) is 3.01. The Morgan fingerprint density at radius 1 is 1.23 bits per heavy atom. The smallest absolute Gasteiger partial charge is 0.239 e. The topological polar surface area (TPSA) is 52.7 Å². The van der Waals surface area contributed by atoms with Crippen molar-refractivity contribution in [3.63, 3.8) is 0 Å². The Morgan fingerprint density at radius 2 is 1.95 bits per heavy atom. The van der Waals surface area contributed by atoms with E-state index in [1.54, 1.807) is 14.1 Å². The molecule has 0 aromatic heterocycles. The highest BCUT2D eigenvalue weighted by molar-refractivity contribution is 5.85. The highest BCUT2D eigenvalue weighted by Gasteiger charge is 2.25.